The highest BCUT2D eigenvalue weighted by Gasteiger charge is 2.31. The summed E-state index contributed by atoms with van der Waals surface area (Å²) >= 11 is 0. The number of nitrogens with one attached hydrogen (secondary N) is 1. The molecule has 0 radical (unpaired) electrons. The van der Waals surface area contributed by atoms with Crippen molar-refractivity contribution in [3.63, 3.8) is 0 Å². The fraction of sp³-hybridized carbons (Fsp3) is 0.381. The second kappa shape index (κ2) is 7.82. The van der Waals surface area contributed by atoms with Gasteiger partial charge in [0.2, 0.25) is 15.9 Å². The van der Waals surface area contributed by atoms with E-state index in [-0.39, 0.29) is 18.4 Å². The third-order valence-corrected chi connectivity index (χ3v) is 6.67. The number of benzene rings is 2. The molecule has 0 saturated carbocycles. The van der Waals surface area contributed by atoms with Gasteiger partial charge >= 0.3 is 0 Å². The van der Waals surface area contributed by atoms with Crippen LogP contribution in [0.3, 0.4) is 0 Å². The van der Waals surface area contributed by atoms with Crippen molar-refractivity contribution in [3.05, 3.63) is 64.7 Å². The molecule has 1 heterocycles. The van der Waals surface area contributed by atoms with Crippen molar-refractivity contribution < 1.29 is 13.2 Å². The lowest BCUT2D eigenvalue weighted by molar-refractivity contribution is -0.128. The number of amides is 1. The fourth-order valence-electron chi connectivity index (χ4n) is 3.84. The molecule has 6 heteroatoms. The highest BCUT2D eigenvalue weighted by Crippen LogP contribution is 2.23. The van der Waals surface area contributed by atoms with E-state index >= 15 is 0 Å². The van der Waals surface area contributed by atoms with Crippen LogP contribution in [-0.2, 0) is 21.4 Å². The Morgan fingerprint density at radius 3 is 2.33 bits per heavy atom. The summed E-state index contributed by atoms with van der Waals surface area (Å²) in [5, 5.41) is 0. The molecule has 0 aromatic heterocycles. The lowest BCUT2D eigenvalue weighted by Gasteiger charge is -2.18. The predicted octanol–water partition coefficient (Wildman–Crippen LogP) is 2.94. The molecule has 1 saturated heterocycles. The first kappa shape index (κ1) is 19.6. The van der Waals surface area contributed by atoms with E-state index in [1.807, 2.05) is 63.2 Å². The van der Waals surface area contributed by atoms with Crippen molar-refractivity contribution in [2.24, 2.45) is 5.92 Å². The molecule has 0 bridgehead atoms. The number of aryl methyl sites for hydroxylation is 3. The molecule has 0 aliphatic carbocycles. The standard InChI is InChI=1S/C21H26N2O3S/c1-15-9-16(2)21(17(3)10-15)27(25,26)22-12-19-11-20(24)23(14-19)13-18-7-5-4-6-8-18/h4-10,19,22H,11-14H2,1-3H3. The van der Waals surface area contributed by atoms with Crippen LogP contribution in [0.4, 0.5) is 0 Å². The van der Waals surface area contributed by atoms with Crippen molar-refractivity contribution in [1.29, 1.82) is 0 Å². The number of rotatable bonds is 6. The molecule has 0 spiro atoms. The zero-order valence-electron chi connectivity index (χ0n) is 16.0. The summed E-state index contributed by atoms with van der Waals surface area (Å²) in [5.74, 6) is 0.0628. The second-order valence-electron chi connectivity index (χ2n) is 7.41. The monoisotopic (exact) mass is 386 g/mol. The smallest absolute Gasteiger partial charge is 0.241 e. The average molecular weight is 387 g/mol. The lowest BCUT2D eigenvalue weighted by Crippen LogP contribution is -2.32. The van der Waals surface area contributed by atoms with Gasteiger partial charge in [0, 0.05) is 26.1 Å². The van der Waals surface area contributed by atoms with Crippen molar-refractivity contribution in [3.8, 4) is 0 Å². The molecule has 1 atom stereocenters. The Morgan fingerprint density at radius 2 is 1.70 bits per heavy atom. The molecule has 2 aromatic rings. The van der Waals surface area contributed by atoms with Gasteiger partial charge in [-0.05, 0) is 43.4 Å². The zero-order valence-corrected chi connectivity index (χ0v) is 16.8. The normalized spacial score (nSPS) is 17.5. The second-order valence-corrected chi connectivity index (χ2v) is 9.11. The number of carbonyl (C=O) groups is 1. The van der Waals surface area contributed by atoms with Crippen LogP contribution in [0, 0.1) is 26.7 Å². The van der Waals surface area contributed by atoms with Crippen molar-refractivity contribution in [1.82, 2.24) is 9.62 Å². The number of nitrogens with zero attached hydrogens (tertiary/aromatic N) is 1. The molecule has 1 fully saturated rings. The van der Waals surface area contributed by atoms with Gasteiger partial charge < -0.3 is 4.90 Å². The summed E-state index contributed by atoms with van der Waals surface area (Å²) in [5.41, 5.74) is 3.61. The molecule has 5 nitrogen and oxygen atoms in total. The number of hydrogen-bond donors (Lipinski definition) is 1. The molecule has 1 aliphatic rings. The van der Waals surface area contributed by atoms with Gasteiger partial charge in [-0.15, -0.1) is 0 Å². The molecular weight excluding hydrogens is 360 g/mol. The minimum atomic E-state index is -3.60. The Hall–Kier alpha value is -2.18. The molecule has 2 aromatic carbocycles. The van der Waals surface area contributed by atoms with Crippen molar-refractivity contribution >= 4 is 15.9 Å². The van der Waals surface area contributed by atoms with Crippen LogP contribution in [0.5, 0.6) is 0 Å². The minimum absolute atomic E-state index is 0.0120. The maximum Gasteiger partial charge on any atom is 0.241 e. The molecule has 144 valence electrons. The summed E-state index contributed by atoms with van der Waals surface area (Å²) in [6, 6.07) is 13.6. The van der Waals surface area contributed by atoms with E-state index in [0.717, 1.165) is 22.3 Å². The molecule has 1 N–H and O–H groups in total. The zero-order chi connectivity index (χ0) is 19.6. The lowest BCUT2D eigenvalue weighted by atomic mass is 10.1. The van der Waals surface area contributed by atoms with Crippen LogP contribution >= 0.6 is 0 Å². The van der Waals surface area contributed by atoms with Gasteiger partial charge in [-0.25, -0.2) is 13.1 Å². The maximum atomic E-state index is 12.8. The van der Waals surface area contributed by atoms with Crippen molar-refractivity contribution in [2.45, 2.75) is 38.6 Å². The summed E-state index contributed by atoms with van der Waals surface area (Å²) in [7, 11) is -3.60. The highest BCUT2D eigenvalue weighted by atomic mass is 32.2. The van der Waals surface area contributed by atoms with Gasteiger partial charge in [-0.2, -0.15) is 0 Å². The summed E-state index contributed by atoms with van der Waals surface area (Å²) < 4.78 is 28.3. The van der Waals surface area contributed by atoms with Crippen LogP contribution in [0.2, 0.25) is 0 Å². The van der Waals surface area contributed by atoms with Gasteiger partial charge in [0.25, 0.3) is 0 Å². The van der Waals surface area contributed by atoms with E-state index in [1.54, 1.807) is 4.90 Å². The summed E-state index contributed by atoms with van der Waals surface area (Å²) in [6.45, 7) is 6.99. The predicted molar refractivity (Wildman–Crippen MR) is 106 cm³/mol. The topological polar surface area (TPSA) is 66.5 Å². The molecule has 1 unspecified atom stereocenters. The Balaban J connectivity index is 1.64. The van der Waals surface area contributed by atoms with Crippen molar-refractivity contribution in [2.75, 3.05) is 13.1 Å². The van der Waals surface area contributed by atoms with Gasteiger partial charge in [0.1, 0.15) is 0 Å². The first-order chi connectivity index (χ1) is 12.8. The highest BCUT2D eigenvalue weighted by molar-refractivity contribution is 7.89. The minimum Gasteiger partial charge on any atom is -0.338 e. The third kappa shape index (κ3) is 4.57. The van der Waals surface area contributed by atoms with E-state index in [1.165, 1.54) is 0 Å². The van der Waals surface area contributed by atoms with Crippen LogP contribution in [0.15, 0.2) is 47.4 Å². The summed E-state index contributed by atoms with van der Waals surface area (Å²) in [4.78, 5) is 14.4. The van der Waals surface area contributed by atoms with E-state index in [2.05, 4.69) is 4.72 Å². The van der Waals surface area contributed by atoms with E-state index < -0.39 is 10.0 Å². The first-order valence-corrected chi connectivity index (χ1v) is 10.6. The van der Waals surface area contributed by atoms with E-state index in [4.69, 9.17) is 0 Å². The number of carbonyl (C=O) groups excluding carboxylic acids is 1. The van der Waals surface area contributed by atoms with Crippen LogP contribution < -0.4 is 4.72 Å². The Kier molecular flexibility index (Phi) is 5.67. The van der Waals surface area contributed by atoms with Gasteiger partial charge in [0.05, 0.1) is 4.90 Å². The maximum absolute atomic E-state index is 12.8. The quantitative estimate of drug-likeness (QED) is 0.830. The van der Waals surface area contributed by atoms with Gasteiger partial charge in [0.15, 0.2) is 0 Å². The number of likely N-dealkylation sites (tertiary alicyclic amines) is 1. The Morgan fingerprint density at radius 1 is 1.07 bits per heavy atom. The molecule has 3 rings (SSSR count). The first-order valence-electron chi connectivity index (χ1n) is 9.15. The SMILES string of the molecule is Cc1cc(C)c(S(=O)(=O)NCC2CC(=O)N(Cc3ccccc3)C2)c(C)c1. The van der Waals surface area contributed by atoms with Crippen LogP contribution in [0.1, 0.15) is 28.7 Å². The Bertz CT molecular complexity index is 916. The summed E-state index contributed by atoms with van der Waals surface area (Å²) in [6.07, 6.45) is 0.376. The number of sulfonamides is 1. The molecule has 1 amide bonds. The van der Waals surface area contributed by atoms with Crippen LogP contribution in [0.25, 0.3) is 0 Å². The fourth-order valence-corrected chi connectivity index (χ4v) is 5.40. The molecule has 27 heavy (non-hydrogen) atoms. The van der Waals surface area contributed by atoms with Gasteiger partial charge in [-0.3, -0.25) is 4.79 Å². The molecule has 1 aliphatic heterocycles. The van der Waals surface area contributed by atoms with E-state index in [0.29, 0.717) is 24.4 Å². The largest absolute Gasteiger partial charge is 0.338 e. The molecular formula is C21H26N2O3S. The third-order valence-electron chi connectivity index (χ3n) is 4.95. The Labute approximate surface area is 161 Å². The van der Waals surface area contributed by atoms with E-state index in [9.17, 15) is 13.2 Å². The average Bonchev–Trinajstić information content (AvgIpc) is 2.93. The van der Waals surface area contributed by atoms with Gasteiger partial charge in [-0.1, -0.05) is 48.0 Å². The number of hydrogen-bond acceptors (Lipinski definition) is 3. The van der Waals surface area contributed by atoms with Crippen LogP contribution in [-0.4, -0.2) is 32.3 Å².